The van der Waals surface area contributed by atoms with E-state index in [0.717, 1.165) is 39.0 Å². The summed E-state index contributed by atoms with van der Waals surface area (Å²) in [4.78, 5) is 22.5. The number of nitrogen functional groups attached to an aromatic ring is 1. The number of amides is 1. The Bertz CT molecular complexity index is 551. The number of piperidine rings is 1. The first-order chi connectivity index (χ1) is 11.1. The molecule has 2 saturated heterocycles. The third kappa shape index (κ3) is 3.89. The summed E-state index contributed by atoms with van der Waals surface area (Å²) in [6.07, 6.45) is 4.14. The van der Waals surface area contributed by atoms with Gasteiger partial charge >= 0.3 is 0 Å². The molecule has 1 aromatic rings. The van der Waals surface area contributed by atoms with Gasteiger partial charge in [-0.1, -0.05) is 0 Å². The predicted molar refractivity (Wildman–Crippen MR) is 94.9 cm³/mol. The van der Waals surface area contributed by atoms with Crippen LogP contribution in [0.3, 0.4) is 0 Å². The van der Waals surface area contributed by atoms with Gasteiger partial charge in [0, 0.05) is 45.2 Å². The third-order valence-corrected chi connectivity index (χ3v) is 4.88. The van der Waals surface area contributed by atoms with Gasteiger partial charge in [-0.05, 0) is 19.9 Å². The average Bonchev–Trinajstić information content (AvgIpc) is 2.55. The molecule has 1 aromatic heterocycles. The zero-order valence-corrected chi connectivity index (χ0v) is 14.8. The van der Waals surface area contributed by atoms with Crippen molar-refractivity contribution in [2.45, 2.75) is 12.8 Å². The van der Waals surface area contributed by atoms with Crippen LogP contribution in [-0.2, 0) is 4.79 Å². The zero-order chi connectivity index (χ0) is 16.4. The molecule has 134 valence electrons. The molecule has 3 rings (SSSR count). The maximum Gasteiger partial charge on any atom is 0.225 e. The first-order valence-electron chi connectivity index (χ1n) is 8.17. The van der Waals surface area contributed by atoms with Gasteiger partial charge in [0.25, 0.3) is 0 Å². The molecule has 2 aliphatic heterocycles. The van der Waals surface area contributed by atoms with E-state index < -0.39 is 5.82 Å². The minimum absolute atomic E-state index is 0. The number of hydrogen-bond donors (Lipinski definition) is 1. The number of anilines is 2. The Morgan fingerprint density at radius 2 is 1.79 bits per heavy atom. The fourth-order valence-corrected chi connectivity index (χ4v) is 3.41. The summed E-state index contributed by atoms with van der Waals surface area (Å²) in [7, 11) is 2.08. The first kappa shape index (κ1) is 18.7. The number of nitrogens with zero attached hydrogens (tertiary/aromatic N) is 4. The molecule has 1 amide bonds. The summed E-state index contributed by atoms with van der Waals surface area (Å²) in [6, 6.07) is 0. The van der Waals surface area contributed by atoms with Gasteiger partial charge in [-0.25, -0.2) is 4.39 Å². The van der Waals surface area contributed by atoms with Crippen molar-refractivity contribution in [2.24, 2.45) is 5.92 Å². The van der Waals surface area contributed by atoms with Crippen LogP contribution in [0.25, 0.3) is 0 Å². The van der Waals surface area contributed by atoms with Crippen molar-refractivity contribution < 1.29 is 9.18 Å². The molecule has 0 bridgehead atoms. The van der Waals surface area contributed by atoms with Crippen LogP contribution in [-0.4, -0.2) is 67.0 Å². The minimum atomic E-state index is -0.395. The van der Waals surface area contributed by atoms with Crippen molar-refractivity contribution in [1.82, 2.24) is 14.8 Å². The van der Waals surface area contributed by atoms with E-state index in [0.29, 0.717) is 24.5 Å². The van der Waals surface area contributed by atoms with Gasteiger partial charge in [-0.3, -0.25) is 9.78 Å². The number of rotatable bonds is 2. The molecule has 0 saturated carbocycles. The Kier molecular flexibility index (Phi) is 6.23. The Labute approximate surface area is 148 Å². The van der Waals surface area contributed by atoms with Crippen molar-refractivity contribution in [3.05, 3.63) is 18.2 Å². The lowest BCUT2D eigenvalue weighted by Gasteiger charge is -2.38. The number of halogens is 2. The van der Waals surface area contributed by atoms with Crippen LogP contribution >= 0.6 is 12.4 Å². The molecule has 0 radical (unpaired) electrons. The molecule has 0 atom stereocenters. The lowest BCUT2D eigenvalue weighted by Crippen LogP contribution is -2.50. The summed E-state index contributed by atoms with van der Waals surface area (Å²) >= 11 is 0. The average molecular weight is 358 g/mol. The normalized spacial score (nSPS) is 19.9. The van der Waals surface area contributed by atoms with Crippen LogP contribution in [0.15, 0.2) is 12.4 Å². The lowest BCUT2D eigenvalue weighted by atomic mass is 9.94. The van der Waals surface area contributed by atoms with E-state index in [2.05, 4.69) is 16.9 Å². The standard InChI is InChI=1S/C16H24FN5O.ClH/c1-20-6-8-22(9-7-20)16(23)12-2-4-21(5-3-12)15-13(17)10-19-11-14(15)18;/h10-12H,2-9,18H2,1H3;1H. The molecule has 3 heterocycles. The maximum atomic E-state index is 14.0. The van der Waals surface area contributed by atoms with Crippen LogP contribution < -0.4 is 10.6 Å². The second kappa shape index (κ2) is 7.98. The topological polar surface area (TPSA) is 65.7 Å². The highest BCUT2D eigenvalue weighted by Gasteiger charge is 2.31. The van der Waals surface area contributed by atoms with Crippen molar-refractivity contribution in [3.8, 4) is 0 Å². The predicted octanol–water partition coefficient (Wildman–Crippen LogP) is 1.22. The second-order valence-corrected chi connectivity index (χ2v) is 6.45. The quantitative estimate of drug-likeness (QED) is 0.862. The molecule has 6 nitrogen and oxygen atoms in total. The number of nitrogens with two attached hydrogens (primary N) is 1. The molecule has 2 aliphatic rings. The fourth-order valence-electron chi connectivity index (χ4n) is 3.41. The summed E-state index contributed by atoms with van der Waals surface area (Å²) in [5, 5.41) is 0. The van der Waals surface area contributed by atoms with Crippen LogP contribution in [0.1, 0.15) is 12.8 Å². The number of piperazine rings is 1. The molecular formula is C16H25ClFN5O. The second-order valence-electron chi connectivity index (χ2n) is 6.45. The van der Waals surface area contributed by atoms with Crippen LogP contribution in [0, 0.1) is 11.7 Å². The Balaban J connectivity index is 0.00000208. The molecule has 24 heavy (non-hydrogen) atoms. The van der Waals surface area contributed by atoms with Crippen molar-refractivity contribution in [2.75, 3.05) is 56.9 Å². The van der Waals surface area contributed by atoms with Crippen LogP contribution in [0.5, 0.6) is 0 Å². The number of likely N-dealkylation sites (N-methyl/N-ethyl adjacent to an activating group) is 1. The SMILES string of the molecule is CN1CCN(C(=O)C2CCN(c3c(N)cncc3F)CC2)CC1.Cl. The number of pyridine rings is 1. The highest BCUT2D eigenvalue weighted by Crippen LogP contribution is 2.30. The van der Waals surface area contributed by atoms with E-state index in [9.17, 15) is 9.18 Å². The third-order valence-electron chi connectivity index (χ3n) is 4.88. The summed E-state index contributed by atoms with van der Waals surface area (Å²) in [5.41, 5.74) is 6.63. The lowest BCUT2D eigenvalue weighted by molar-refractivity contribution is -0.137. The van der Waals surface area contributed by atoms with E-state index in [1.807, 2.05) is 9.80 Å². The molecule has 0 spiro atoms. The van der Waals surface area contributed by atoms with E-state index in [4.69, 9.17) is 5.73 Å². The smallest absolute Gasteiger partial charge is 0.225 e. The van der Waals surface area contributed by atoms with Crippen molar-refractivity contribution in [3.63, 3.8) is 0 Å². The van der Waals surface area contributed by atoms with Gasteiger partial charge in [0.05, 0.1) is 23.8 Å². The van der Waals surface area contributed by atoms with Gasteiger partial charge in [0.15, 0.2) is 5.82 Å². The van der Waals surface area contributed by atoms with Gasteiger partial charge < -0.3 is 20.4 Å². The fraction of sp³-hybridized carbons (Fsp3) is 0.625. The molecule has 2 N–H and O–H groups in total. The van der Waals surface area contributed by atoms with Crippen LogP contribution in [0.4, 0.5) is 15.8 Å². The number of hydrogen-bond acceptors (Lipinski definition) is 5. The molecule has 0 aliphatic carbocycles. The number of aromatic nitrogens is 1. The monoisotopic (exact) mass is 357 g/mol. The summed E-state index contributed by atoms with van der Waals surface area (Å²) in [5.74, 6) is -0.101. The highest BCUT2D eigenvalue weighted by atomic mass is 35.5. The molecular weight excluding hydrogens is 333 g/mol. The van der Waals surface area contributed by atoms with E-state index in [-0.39, 0.29) is 24.2 Å². The Morgan fingerprint density at radius 3 is 2.38 bits per heavy atom. The van der Waals surface area contributed by atoms with Crippen LogP contribution in [0.2, 0.25) is 0 Å². The minimum Gasteiger partial charge on any atom is -0.396 e. The van der Waals surface area contributed by atoms with Crippen molar-refractivity contribution >= 4 is 29.7 Å². The van der Waals surface area contributed by atoms with E-state index in [1.165, 1.54) is 12.4 Å². The molecule has 0 aromatic carbocycles. The molecule has 8 heteroatoms. The Morgan fingerprint density at radius 1 is 1.17 bits per heavy atom. The maximum absolute atomic E-state index is 14.0. The summed E-state index contributed by atoms with van der Waals surface area (Å²) in [6.45, 7) is 4.78. The van der Waals surface area contributed by atoms with Crippen molar-refractivity contribution in [1.29, 1.82) is 0 Å². The van der Waals surface area contributed by atoms with E-state index >= 15 is 0 Å². The molecule has 2 fully saturated rings. The van der Waals surface area contributed by atoms with Gasteiger partial charge in [0.1, 0.15) is 0 Å². The zero-order valence-electron chi connectivity index (χ0n) is 13.9. The van der Waals surface area contributed by atoms with Gasteiger partial charge in [0.2, 0.25) is 5.91 Å². The van der Waals surface area contributed by atoms with Gasteiger partial charge in [-0.2, -0.15) is 0 Å². The largest absolute Gasteiger partial charge is 0.396 e. The highest BCUT2D eigenvalue weighted by molar-refractivity contribution is 5.85. The van der Waals surface area contributed by atoms with E-state index in [1.54, 1.807) is 0 Å². The van der Waals surface area contributed by atoms with Gasteiger partial charge in [-0.15, -0.1) is 12.4 Å². The first-order valence-corrected chi connectivity index (χ1v) is 8.17. The summed E-state index contributed by atoms with van der Waals surface area (Å²) < 4.78 is 14.0. The number of carbonyl (C=O) groups is 1. The molecule has 0 unspecified atom stereocenters. The Hall–Kier alpha value is -1.60. The number of carbonyl (C=O) groups excluding carboxylic acids is 1.